The summed E-state index contributed by atoms with van der Waals surface area (Å²) in [5.74, 6) is 0. The maximum atomic E-state index is 12.2. The Bertz CT molecular complexity index is 425. The van der Waals surface area contributed by atoms with E-state index in [9.17, 15) is 4.79 Å². The Morgan fingerprint density at radius 2 is 1.72 bits per heavy atom. The van der Waals surface area contributed by atoms with Crippen LogP contribution in [0.15, 0.2) is 18.2 Å². The lowest BCUT2D eigenvalue weighted by molar-refractivity contribution is 0.178. The van der Waals surface area contributed by atoms with Crippen LogP contribution in [0.25, 0.3) is 0 Å². The highest BCUT2D eigenvalue weighted by Crippen LogP contribution is 2.29. The smallest absolute Gasteiger partial charge is 0.320 e. The van der Waals surface area contributed by atoms with Crippen LogP contribution in [0.3, 0.4) is 0 Å². The van der Waals surface area contributed by atoms with Crippen molar-refractivity contribution in [3.63, 3.8) is 0 Å². The average molecular weight is 289 g/mol. The maximum Gasteiger partial charge on any atom is 0.322 e. The number of urea groups is 1. The first kappa shape index (κ1) is 15.1. The van der Waals surface area contributed by atoms with E-state index in [1.165, 1.54) is 0 Å². The lowest BCUT2D eigenvalue weighted by atomic mass is 10.2. The van der Waals surface area contributed by atoms with Gasteiger partial charge >= 0.3 is 6.03 Å². The van der Waals surface area contributed by atoms with E-state index in [0.717, 1.165) is 0 Å². The summed E-state index contributed by atoms with van der Waals surface area (Å²) in [6, 6.07) is 5.21. The predicted octanol–water partition coefficient (Wildman–Crippen LogP) is 4.64. The molecule has 1 N–H and O–H groups in total. The summed E-state index contributed by atoms with van der Waals surface area (Å²) in [4.78, 5) is 13.9. The molecule has 0 saturated heterocycles. The standard InChI is InChI=1S/C13H18Cl2N2O/c1-8(2)17(9(3)4)13(18)16-11-7-5-6-10(14)12(11)15/h5-9H,1-4H3,(H,16,18). The Labute approximate surface area is 118 Å². The van der Waals surface area contributed by atoms with Gasteiger partial charge in [-0.25, -0.2) is 4.79 Å². The molecule has 0 saturated carbocycles. The third-order valence-electron chi connectivity index (χ3n) is 2.54. The molecule has 0 atom stereocenters. The monoisotopic (exact) mass is 288 g/mol. The number of nitrogens with one attached hydrogen (secondary N) is 1. The van der Waals surface area contributed by atoms with Crippen molar-refractivity contribution in [3.05, 3.63) is 28.2 Å². The SMILES string of the molecule is CC(C)N(C(=O)Nc1cccc(Cl)c1Cl)C(C)C. The lowest BCUT2D eigenvalue weighted by Gasteiger charge is -2.30. The van der Waals surface area contributed by atoms with E-state index in [1.807, 2.05) is 27.7 Å². The Balaban J connectivity index is 2.90. The van der Waals surface area contributed by atoms with E-state index in [2.05, 4.69) is 5.32 Å². The van der Waals surface area contributed by atoms with Gasteiger partial charge in [-0.05, 0) is 39.8 Å². The number of hydrogen-bond acceptors (Lipinski definition) is 1. The van der Waals surface area contributed by atoms with Gasteiger partial charge in [0, 0.05) is 12.1 Å². The first-order valence-corrected chi connectivity index (χ1v) is 6.63. The molecule has 0 fully saturated rings. The molecule has 18 heavy (non-hydrogen) atoms. The largest absolute Gasteiger partial charge is 0.322 e. The fourth-order valence-electron chi connectivity index (χ4n) is 1.85. The van der Waals surface area contributed by atoms with Crippen molar-refractivity contribution in [3.8, 4) is 0 Å². The zero-order valence-electron chi connectivity index (χ0n) is 11.0. The van der Waals surface area contributed by atoms with Crippen molar-refractivity contribution >= 4 is 34.9 Å². The van der Waals surface area contributed by atoms with E-state index in [4.69, 9.17) is 23.2 Å². The minimum atomic E-state index is -0.177. The van der Waals surface area contributed by atoms with Crippen molar-refractivity contribution in [2.45, 2.75) is 39.8 Å². The summed E-state index contributed by atoms with van der Waals surface area (Å²) in [5, 5.41) is 3.57. The molecule has 0 spiro atoms. The summed E-state index contributed by atoms with van der Waals surface area (Å²) in [5.41, 5.74) is 0.528. The van der Waals surface area contributed by atoms with Crippen molar-refractivity contribution in [2.24, 2.45) is 0 Å². The van der Waals surface area contributed by atoms with Crippen LogP contribution in [0.2, 0.25) is 10.0 Å². The first-order chi connectivity index (χ1) is 8.34. The molecule has 0 aliphatic heterocycles. The summed E-state index contributed by atoms with van der Waals surface area (Å²) >= 11 is 11.9. The van der Waals surface area contributed by atoms with Crippen LogP contribution in [-0.4, -0.2) is 23.0 Å². The molecule has 0 heterocycles. The van der Waals surface area contributed by atoms with E-state index >= 15 is 0 Å². The minimum Gasteiger partial charge on any atom is -0.320 e. The molecule has 2 amide bonds. The molecule has 100 valence electrons. The van der Waals surface area contributed by atoms with Gasteiger partial charge in [0.1, 0.15) is 0 Å². The fraction of sp³-hybridized carbons (Fsp3) is 0.462. The van der Waals surface area contributed by atoms with Gasteiger partial charge in [0.05, 0.1) is 15.7 Å². The molecule has 0 bridgehead atoms. The van der Waals surface area contributed by atoms with Crippen LogP contribution < -0.4 is 5.32 Å². The van der Waals surface area contributed by atoms with Crippen LogP contribution in [0.5, 0.6) is 0 Å². The number of nitrogens with zero attached hydrogens (tertiary/aromatic N) is 1. The van der Waals surface area contributed by atoms with E-state index < -0.39 is 0 Å². The average Bonchev–Trinajstić information content (AvgIpc) is 2.23. The predicted molar refractivity (Wildman–Crippen MR) is 77.6 cm³/mol. The number of carbonyl (C=O) groups is 1. The fourth-order valence-corrected chi connectivity index (χ4v) is 2.19. The van der Waals surface area contributed by atoms with Gasteiger partial charge in [0.15, 0.2) is 0 Å². The zero-order valence-corrected chi connectivity index (χ0v) is 12.5. The minimum absolute atomic E-state index is 0.114. The molecule has 1 rings (SSSR count). The molecule has 0 aromatic heterocycles. The molecule has 3 nitrogen and oxygen atoms in total. The Hall–Kier alpha value is -0.930. The van der Waals surface area contributed by atoms with Crippen LogP contribution >= 0.6 is 23.2 Å². The van der Waals surface area contributed by atoms with Crippen molar-refractivity contribution < 1.29 is 4.79 Å². The van der Waals surface area contributed by atoms with Gasteiger partial charge in [0.2, 0.25) is 0 Å². The second kappa shape index (κ2) is 6.30. The molecule has 0 aliphatic carbocycles. The molecule has 1 aromatic rings. The second-order valence-corrected chi connectivity index (χ2v) is 5.41. The molecular formula is C13H18Cl2N2O. The highest BCUT2D eigenvalue weighted by molar-refractivity contribution is 6.43. The van der Waals surface area contributed by atoms with Gasteiger partial charge in [0.25, 0.3) is 0 Å². The lowest BCUT2D eigenvalue weighted by Crippen LogP contribution is -2.44. The summed E-state index contributed by atoms with van der Waals surface area (Å²) in [6.45, 7) is 7.89. The number of anilines is 1. The summed E-state index contributed by atoms with van der Waals surface area (Å²) in [6.07, 6.45) is 0. The molecule has 1 aromatic carbocycles. The third kappa shape index (κ3) is 3.53. The van der Waals surface area contributed by atoms with Crippen LogP contribution in [0.1, 0.15) is 27.7 Å². The Morgan fingerprint density at radius 3 is 2.22 bits per heavy atom. The van der Waals surface area contributed by atoms with Crippen LogP contribution in [0.4, 0.5) is 10.5 Å². The van der Waals surface area contributed by atoms with Gasteiger partial charge in [-0.3, -0.25) is 0 Å². The molecule has 0 aliphatic rings. The highest BCUT2D eigenvalue weighted by Gasteiger charge is 2.20. The summed E-state index contributed by atoms with van der Waals surface area (Å²) < 4.78 is 0. The third-order valence-corrected chi connectivity index (χ3v) is 3.36. The second-order valence-electron chi connectivity index (χ2n) is 4.63. The highest BCUT2D eigenvalue weighted by atomic mass is 35.5. The summed E-state index contributed by atoms with van der Waals surface area (Å²) in [7, 11) is 0. The maximum absolute atomic E-state index is 12.2. The van der Waals surface area contributed by atoms with Crippen LogP contribution in [-0.2, 0) is 0 Å². The molecule has 5 heteroatoms. The van der Waals surface area contributed by atoms with E-state index in [1.54, 1.807) is 23.1 Å². The molecular weight excluding hydrogens is 271 g/mol. The number of rotatable bonds is 3. The van der Waals surface area contributed by atoms with Gasteiger partial charge in [-0.2, -0.15) is 0 Å². The van der Waals surface area contributed by atoms with Gasteiger partial charge in [-0.15, -0.1) is 0 Å². The number of carbonyl (C=O) groups excluding carboxylic acids is 1. The quantitative estimate of drug-likeness (QED) is 0.863. The Kier molecular flexibility index (Phi) is 5.29. The van der Waals surface area contributed by atoms with E-state index in [0.29, 0.717) is 15.7 Å². The first-order valence-electron chi connectivity index (χ1n) is 5.88. The topological polar surface area (TPSA) is 32.3 Å². The Morgan fingerprint density at radius 1 is 1.17 bits per heavy atom. The van der Waals surface area contributed by atoms with Crippen molar-refractivity contribution in [2.75, 3.05) is 5.32 Å². The normalized spacial score (nSPS) is 10.9. The number of hydrogen-bond donors (Lipinski definition) is 1. The van der Waals surface area contributed by atoms with Crippen molar-refractivity contribution in [1.82, 2.24) is 4.90 Å². The zero-order chi connectivity index (χ0) is 13.9. The molecule has 0 radical (unpaired) electrons. The van der Waals surface area contributed by atoms with E-state index in [-0.39, 0.29) is 18.1 Å². The van der Waals surface area contributed by atoms with Gasteiger partial charge < -0.3 is 10.2 Å². The van der Waals surface area contributed by atoms with Crippen LogP contribution in [0, 0.1) is 0 Å². The van der Waals surface area contributed by atoms with Gasteiger partial charge in [-0.1, -0.05) is 29.3 Å². The number of halogens is 2. The molecule has 0 unspecified atom stereocenters. The number of amides is 2. The van der Waals surface area contributed by atoms with Crippen molar-refractivity contribution in [1.29, 1.82) is 0 Å². The number of benzene rings is 1.